The third-order valence-corrected chi connectivity index (χ3v) is 13.1. The molecule has 1 unspecified atom stereocenters. The molecule has 1 saturated heterocycles. The minimum Gasteiger partial charge on any atom is -0.483 e. The average molecular weight is 937 g/mol. The predicted molar refractivity (Wildman–Crippen MR) is 249 cm³/mol. The SMILES string of the molecule is Cc1sc2c(c1C)C(c1ccc(Cl)cc1)=N[C@@H](CC(=O)Nc1ccc(N=Nc3ccc(CCNC(=O)COc4cccc5c4C(=O)N(C4CCC(=O)NC4=O)C5=O)cc3)cc1)c1nnc(C)n1-2. The summed E-state index contributed by atoms with van der Waals surface area (Å²) in [5, 5.41) is 27.1. The zero-order chi connectivity index (χ0) is 46.9. The highest BCUT2D eigenvalue weighted by atomic mass is 35.5. The first-order chi connectivity index (χ1) is 32.3. The van der Waals surface area contributed by atoms with E-state index in [0.717, 1.165) is 42.7 Å². The molecule has 2 aromatic heterocycles. The maximum atomic E-state index is 13.6. The number of thiophene rings is 1. The molecule has 5 heterocycles. The first-order valence-electron chi connectivity index (χ1n) is 21.3. The van der Waals surface area contributed by atoms with Crippen LogP contribution in [-0.2, 0) is 25.6 Å². The van der Waals surface area contributed by atoms with E-state index in [1.54, 1.807) is 35.6 Å². The molecule has 19 heteroatoms. The van der Waals surface area contributed by atoms with Crippen LogP contribution in [-0.4, -0.2) is 80.0 Å². The van der Waals surface area contributed by atoms with Crippen molar-refractivity contribution in [3.63, 3.8) is 0 Å². The van der Waals surface area contributed by atoms with E-state index < -0.39 is 48.2 Å². The Balaban J connectivity index is 0.762. The van der Waals surface area contributed by atoms with Gasteiger partial charge in [0.05, 0.1) is 34.6 Å². The second kappa shape index (κ2) is 18.7. The maximum Gasteiger partial charge on any atom is 0.266 e. The molecule has 1 fully saturated rings. The van der Waals surface area contributed by atoms with Gasteiger partial charge in [-0.3, -0.25) is 48.5 Å². The van der Waals surface area contributed by atoms with Gasteiger partial charge in [-0.1, -0.05) is 41.9 Å². The summed E-state index contributed by atoms with van der Waals surface area (Å²) in [6.07, 6.45) is 0.565. The zero-order valence-electron chi connectivity index (χ0n) is 36.3. The van der Waals surface area contributed by atoms with E-state index in [4.69, 9.17) is 21.3 Å². The number of fused-ring (bicyclic) bond motifs is 4. The number of piperidine rings is 1. The third kappa shape index (κ3) is 9.13. The van der Waals surface area contributed by atoms with Crippen molar-refractivity contribution in [2.75, 3.05) is 18.5 Å². The normalized spacial score (nSPS) is 16.5. The molecule has 17 nitrogen and oxygen atoms in total. The lowest BCUT2D eigenvalue weighted by Crippen LogP contribution is -2.54. The summed E-state index contributed by atoms with van der Waals surface area (Å²) < 4.78 is 7.68. The van der Waals surface area contributed by atoms with Gasteiger partial charge >= 0.3 is 0 Å². The van der Waals surface area contributed by atoms with Gasteiger partial charge in [0.15, 0.2) is 12.4 Å². The van der Waals surface area contributed by atoms with E-state index in [9.17, 15) is 28.8 Å². The van der Waals surface area contributed by atoms with Gasteiger partial charge in [-0.15, -0.1) is 21.5 Å². The van der Waals surface area contributed by atoms with E-state index in [0.29, 0.717) is 46.7 Å². The third-order valence-electron chi connectivity index (χ3n) is 11.6. The van der Waals surface area contributed by atoms with Crippen LogP contribution in [0.1, 0.15) is 84.8 Å². The number of rotatable bonds is 13. The van der Waals surface area contributed by atoms with Crippen molar-refractivity contribution in [1.29, 1.82) is 0 Å². The van der Waals surface area contributed by atoms with Crippen LogP contribution in [0.15, 0.2) is 106 Å². The monoisotopic (exact) mass is 936 g/mol. The number of anilines is 1. The van der Waals surface area contributed by atoms with Gasteiger partial charge in [-0.2, -0.15) is 10.2 Å². The molecule has 0 saturated carbocycles. The van der Waals surface area contributed by atoms with Crippen molar-refractivity contribution in [2.45, 2.75) is 58.5 Å². The number of nitrogens with zero attached hydrogens (tertiary/aromatic N) is 7. The molecule has 4 aromatic carbocycles. The van der Waals surface area contributed by atoms with Crippen LogP contribution in [0.5, 0.6) is 5.75 Å². The average Bonchev–Trinajstić information content (AvgIpc) is 3.89. The van der Waals surface area contributed by atoms with Crippen molar-refractivity contribution in [3.05, 3.63) is 146 Å². The Morgan fingerprint density at radius 1 is 0.866 bits per heavy atom. The summed E-state index contributed by atoms with van der Waals surface area (Å²) in [5.74, 6) is -1.91. The highest BCUT2D eigenvalue weighted by Gasteiger charge is 2.46. The molecule has 0 aliphatic carbocycles. The fraction of sp³-hybridized carbons (Fsp3) is 0.229. The van der Waals surface area contributed by atoms with E-state index in [1.165, 1.54) is 18.2 Å². The number of aryl methyl sites for hydroxylation is 2. The second-order valence-electron chi connectivity index (χ2n) is 16.1. The molecule has 6 aromatic rings. The number of benzene rings is 4. The Kier molecular flexibility index (Phi) is 12.4. The molecule has 3 aliphatic heterocycles. The van der Waals surface area contributed by atoms with Gasteiger partial charge in [0.2, 0.25) is 17.7 Å². The van der Waals surface area contributed by atoms with Gasteiger partial charge in [0.1, 0.15) is 28.7 Å². The Morgan fingerprint density at radius 2 is 1.58 bits per heavy atom. The number of amides is 6. The van der Waals surface area contributed by atoms with Crippen molar-refractivity contribution in [1.82, 2.24) is 30.3 Å². The lowest BCUT2D eigenvalue weighted by molar-refractivity contribution is -0.136. The number of aromatic nitrogens is 3. The fourth-order valence-corrected chi connectivity index (χ4v) is 9.46. The van der Waals surface area contributed by atoms with E-state index in [1.807, 2.05) is 60.0 Å². The maximum absolute atomic E-state index is 13.6. The van der Waals surface area contributed by atoms with E-state index in [2.05, 4.69) is 50.2 Å². The van der Waals surface area contributed by atoms with Crippen LogP contribution >= 0.6 is 22.9 Å². The molecule has 0 radical (unpaired) electrons. The summed E-state index contributed by atoms with van der Waals surface area (Å²) in [4.78, 5) is 83.9. The lowest BCUT2D eigenvalue weighted by atomic mass is 9.99. The molecule has 3 aliphatic rings. The quantitative estimate of drug-likeness (QED) is 0.0776. The van der Waals surface area contributed by atoms with Crippen LogP contribution in [0.2, 0.25) is 5.02 Å². The molecule has 0 spiro atoms. The Hall–Kier alpha value is -7.70. The number of carbonyl (C=O) groups is 6. The Labute approximate surface area is 392 Å². The molecule has 0 bridgehead atoms. The molecule has 67 heavy (non-hydrogen) atoms. The minimum absolute atomic E-state index is 0.00172. The number of hydrogen-bond acceptors (Lipinski definition) is 13. The van der Waals surface area contributed by atoms with Crippen LogP contribution in [0, 0.1) is 20.8 Å². The number of imide groups is 2. The first kappa shape index (κ1) is 44.5. The van der Waals surface area contributed by atoms with Crippen LogP contribution in [0.4, 0.5) is 17.1 Å². The molecular formula is C48H41ClN10O7S. The molecular weight excluding hydrogens is 896 g/mol. The van der Waals surface area contributed by atoms with Crippen molar-refractivity contribution in [3.8, 4) is 10.8 Å². The smallest absolute Gasteiger partial charge is 0.266 e. The molecule has 6 amide bonds. The highest BCUT2D eigenvalue weighted by Crippen LogP contribution is 2.40. The van der Waals surface area contributed by atoms with Crippen LogP contribution < -0.4 is 20.7 Å². The number of azo groups is 1. The fourth-order valence-electron chi connectivity index (χ4n) is 8.12. The van der Waals surface area contributed by atoms with Crippen LogP contribution in [0.3, 0.4) is 0 Å². The first-order valence-corrected chi connectivity index (χ1v) is 22.5. The highest BCUT2D eigenvalue weighted by molar-refractivity contribution is 7.15. The molecule has 9 rings (SSSR count). The summed E-state index contributed by atoms with van der Waals surface area (Å²) in [7, 11) is 0. The van der Waals surface area contributed by atoms with Gasteiger partial charge in [0.25, 0.3) is 17.7 Å². The summed E-state index contributed by atoms with van der Waals surface area (Å²) in [6, 6.07) is 24.7. The summed E-state index contributed by atoms with van der Waals surface area (Å²) in [5.41, 5.74) is 6.49. The number of aliphatic imine (C=N–C) groups is 1. The van der Waals surface area contributed by atoms with Gasteiger partial charge < -0.3 is 15.4 Å². The summed E-state index contributed by atoms with van der Waals surface area (Å²) in [6.45, 7) is 5.95. The van der Waals surface area contributed by atoms with E-state index in [-0.39, 0.29) is 42.0 Å². The van der Waals surface area contributed by atoms with Crippen molar-refractivity contribution < 1.29 is 33.5 Å². The largest absolute Gasteiger partial charge is 0.483 e. The molecule has 3 N–H and O–H groups in total. The van der Waals surface area contributed by atoms with Crippen molar-refractivity contribution >= 4 is 81.2 Å². The standard InChI is InChI=1S/C48H41ClN10O7S/c1-25-26(2)67-48-41(25)43(29-9-11-30(49)12-10-29)52-35(44-57-54-27(3)58(44)48)23-39(61)51-31-15-17-33(18-16-31)56-55-32-13-7-28(8-14-32)21-22-50-40(62)24-66-37-6-4-5-34-42(37)47(65)59(46(34)64)36-19-20-38(60)53-45(36)63/h4-18,35-36H,19-24H2,1-3H3,(H,50,62)(H,51,61)(H,53,60,63)/t35-,36?/m0/s1. The van der Waals surface area contributed by atoms with Crippen LogP contribution in [0.25, 0.3) is 5.00 Å². The number of hydrogen-bond donors (Lipinski definition) is 3. The minimum atomic E-state index is -1.11. The zero-order valence-corrected chi connectivity index (χ0v) is 37.9. The number of ether oxygens (including phenoxy) is 1. The number of nitrogens with one attached hydrogen (secondary N) is 3. The van der Waals surface area contributed by atoms with Gasteiger partial charge in [-0.05, 0) is 105 Å². The lowest BCUT2D eigenvalue weighted by Gasteiger charge is -2.27. The number of carbonyl (C=O) groups excluding carboxylic acids is 6. The van der Waals surface area contributed by atoms with E-state index >= 15 is 0 Å². The molecule has 2 atom stereocenters. The Morgan fingerprint density at radius 3 is 2.30 bits per heavy atom. The summed E-state index contributed by atoms with van der Waals surface area (Å²) >= 11 is 7.89. The predicted octanol–water partition coefficient (Wildman–Crippen LogP) is 7.38. The van der Waals surface area contributed by atoms with Gasteiger partial charge in [0, 0.05) is 39.7 Å². The molecule has 338 valence electrons. The van der Waals surface area contributed by atoms with Crippen molar-refractivity contribution in [2.24, 2.45) is 15.2 Å². The Bertz CT molecular complexity index is 3050. The topological polar surface area (TPSA) is 219 Å². The second-order valence-corrected chi connectivity index (χ2v) is 17.7. The van der Waals surface area contributed by atoms with Gasteiger partial charge in [-0.25, -0.2) is 0 Å². The number of halogens is 1.